The molecule has 16 heavy (non-hydrogen) atoms. The van der Waals surface area contributed by atoms with Crippen molar-refractivity contribution < 1.29 is 4.79 Å². The fourth-order valence-electron chi connectivity index (χ4n) is 1.71. The van der Waals surface area contributed by atoms with Crippen molar-refractivity contribution in [3.63, 3.8) is 0 Å². The molecule has 0 spiro atoms. The zero-order valence-electron chi connectivity index (χ0n) is 10.3. The highest BCUT2D eigenvalue weighted by atomic mass is 16.2. The number of carbonyl (C=O) groups excluding carboxylic acids is 1. The highest BCUT2D eigenvalue weighted by molar-refractivity contribution is 5.75. The fourth-order valence-corrected chi connectivity index (χ4v) is 1.71. The zero-order valence-corrected chi connectivity index (χ0v) is 10.3. The topological polar surface area (TPSA) is 41.1 Å². The van der Waals surface area contributed by atoms with E-state index >= 15 is 0 Å². The van der Waals surface area contributed by atoms with Gasteiger partial charge in [0.15, 0.2) is 0 Å². The highest BCUT2D eigenvalue weighted by Gasteiger charge is 2.02. The molecule has 1 aromatic carbocycles. The van der Waals surface area contributed by atoms with Gasteiger partial charge in [0.1, 0.15) is 0 Å². The Labute approximate surface area is 97.2 Å². The maximum atomic E-state index is 11.2. The van der Waals surface area contributed by atoms with Gasteiger partial charge in [0.2, 0.25) is 5.91 Å². The van der Waals surface area contributed by atoms with Crippen LogP contribution in [0.1, 0.15) is 29.5 Å². The molecular weight excluding hydrogens is 200 g/mol. The number of hydrazine groups is 1. The van der Waals surface area contributed by atoms with Crippen molar-refractivity contribution in [3.8, 4) is 0 Å². The van der Waals surface area contributed by atoms with E-state index in [0.29, 0.717) is 6.42 Å². The highest BCUT2D eigenvalue weighted by Crippen LogP contribution is 2.13. The summed E-state index contributed by atoms with van der Waals surface area (Å²) in [4.78, 5) is 11.2. The lowest BCUT2D eigenvalue weighted by Crippen LogP contribution is -2.33. The van der Waals surface area contributed by atoms with Gasteiger partial charge in [0, 0.05) is 13.5 Å². The molecule has 0 fully saturated rings. The van der Waals surface area contributed by atoms with Crippen LogP contribution in [-0.2, 0) is 11.2 Å². The summed E-state index contributed by atoms with van der Waals surface area (Å²) >= 11 is 0. The molecule has 0 aromatic heterocycles. The molecule has 0 unspecified atom stereocenters. The van der Waals surface area contributed by atoms with Crippen LogP contribution in [0.25, 0.3) is 0 Å². The largest absolute Gasteiger partial charge is 0.292 e. The number of hydrogen-bond donors (Lipinski definition) is 2. The Morgan fingerprint density at radius 3 is 2.75 bits per heavy atom. The molecule has 0 bridgehead atoms. The minimum atomic E-state index is 0.0489. The summed E-state index contributed by atoms with van der Waals surface area (Å²) in [6.45, 7) is 4.21. The molecule has 1 rings (SSSR count). The van der Waals surface area contributed by atoms with Gasteiger partial charge >= 0.3 is 0 Å². The average Bonchev–Trinajstić information content (AvgIpc) is 2.23. The molecule has 3 heteroatoms. The third-order valence-corrected chi connectivity index (χ3v) is 2.62. The fraction of sp³-hybridized carbons (Fsp3) is 0.462. The Hall–Kier alpha value is -1.35. The maximum absolute atomic E-state index is 11.2. The van der Waals surface area contributed by atoms with E-state index in [-0.39, 0.29) is 5.91 Å². The van der Waals surface area contributed by atoms with Crippen molar-refractivity contribution in [3.05, 3.63) is 34.9 Å². The molecule has 88 valence electrons. The van der Waals surface area contributed by atoms with E-state index in [1.165, 1.54) is 16.7 Å². The summed E-state index contributed by atoms with van der Waals surface area (Å²) in [6, 6.07) is 6.45. The molecule has 0 atom stereocenters. The molecule has 1 amide bonds. The number of nitrogens with one attached hydrogen (secondary N) is 2. The monoisotopic (exact) mass is 220 g/mol. The average molecular weight is 220 g/mol. The van der Waals surface area contributed by atoms with Gasteiger partial charge in [-0.2, -0.15) is 0 Å². The van der Waals surface area contributed by atoms with Crippen molar-refractivity contribution in [2.45, 2.75) is 33.1 Å². The summed E-state index contributed by atoms with van der Waals surface area (Å²) in [5, 5.41) is 0. The molecule has 0 aliphatic rings. The van der Waals surface area contributed by atoms with Crippen molar-refractivity contribution in [1.82, 2.24) is 10.9 Å². The first-order valence-electron chi connectivity index (χ1n) is 5.65. The molecule has 0 radical (unpaired) electrons. The van der Waals surface area contributed by atoms with Crippen molar-refractivity contribution in [2.24, 2.45) is 0 Å². The van der Waals surface area contributed by atoms with Gasteiger partial charge < -0.3 is 0 Å². The number of rotatable bonds is 5. The van der Waals surface area contributed by atoms with Crippen LogP contribution >= 0.6 is 0 Å². The number of hydrogen-bond acceptors (Lipinski definition) is 2. The summed E-state index contributed by atoms with van der Waals surface area (Å²) in [7, 11) is 1.70. The number of benzene rings is 1. The van der Waals surface area contributed by atoms with Crippen LogP contribution in [0.5, 0.6) is 0 Å². The van der Waals surface area contributed by atoms with Gasteiger partial charge in [-0.25, -0.2) is 5.43 Å². The smallest absolute Gasteiger partial charge is 0.234 e. The predicted octanol–water partition coefficient (Wildman–Crippen LogP) is 1.88. The lowest BCUT2D eigenvalue weighted by molar-refractivity contribution is -0.122. The molecule has 0 heterocycles. The predicted molar refractivity (Wildman–Crippen MR) is 66.1 cm³/mol. The normalized spacial score (nSPS) is 10.2. The Balaban J connectivity index is 2.42. The third-order valence-electron chi connectivity index (χ3n) is 2.62. The Bertz CT molecular complexity index is 361. The first-order chi connectivity index (χ1) is 7.63. The second-order valence-corrected chi connectivity index (χ2v) is 4.08. The molecule has 0 saturated heterocycles. The second kappa shape index (κ2) is 6.28. The quantitative estimate of drug-likeness (QED) is 0.744. The van der Waals surface area contributed by atoms with Crippen LogP contribution in [0.3, 0.4) is 0 Å². The van der Waals surface area contributed by atoms with Crippen molar-refractivity contribution >= 4 is 5.91 Å². The van der Waals surface area contributed by atoms with Crippen molar-refractivity contribution in [2.75, 3.05) is 7.05 Å². The van der Waals surface area contributed by atoms with Crippen LogP contribution in [0, 0.1) is 13.8 Å². The molecule has 3 nitrogen and oxygen atoms in total. The summed E-state index contributed by atoms with van der Waals surface area (Å²) in [5.41, 5.74) is 9.13. The lowest BCUT2D eigenvalue weighted by Gasteiger charge is -2.07. The van der Waals surface area contributed by atoms with E-state index in [1.54, 1.807) is 7.05 Å². The van der Waals surface area contributed by atoms with E-state index in [4.69, 9.17) is 0 Å². The van der Waals surface area contributed by atoms with Crippen LogP contribution < -0.4 is 10.9 Å². The maximum Gasteiger partial charge on any atom is 0.234 e. The number of carbonyl (C=O) groups is 1. The minimum absolute atomic E-state index is 0.0489. The van der Waals surface area contributed by atoms with Crippen LogP contribution in [-0.4, -0.2) is 13.0 Å². The minimum Gasteiger partial charge on any atom is -0.292 e. The Morgan fingerprint density at radius 2 is 2.06 bits per heavy atom. The van der Waals surface area contributed by atoms with Gasteiger partial charge in [-0.05, 0) is 37.8 Å². The first kappa shape index (κ1) is 12.7. The van der Waals surface area contributed by atoms with E-state index in [9.17, 15) is 4.79 Å². The molecule has 0 saturated carbocycles. The van der Waals surface area contributed by atoms with Gasteiger partial charge in [-0.3, -0.25) is 10.2 Å². The standard InChI is InChI=1S/C13H20N2O/c1-10-7-8-11(2)12(9-10)5-4-6-13(16)15-14-3/h7-9,14H,4-6H2,1-3H3,(H,15,16). The van der Waals surface area contributed by atoms with Crippen LogP contribution in [0.2, 0.25) is 0 Å². The second-order valence-electron chi connectivity index (χ2n) is 4.08. The van der Waals surface area contributed by atoms with E-state index < -0.39 is 0 Å². The number of aryl methyl sites for hydroxylation is 3. The first-order valence-corrected chi connectivity index (χ1v) is 5.65. The van der Waals surface area contributed by atoms with Crippen LogP contribution in [0.4, 0.5) is 0 Å². The summed E-state index contributed by atoms with van der Waals surface area (Å²) < 4.78 is 0. The SMILES string of the molecule is CNNC(=O)CCCc1cc(C)ccc1C. The molecule has 2 N–H and O–H groups in total. The van der Waals surface area contributed by atoms with Gasteiger partial charge in [0.25, 0.3) is 0 Å². The number of amides is 1. The Morgan fingerprint density at radius 1 is 1.31 bits per heavy atom. The lowest BCUT2D eigenvalue weighted by atomic mass is 10.0. The van der Waals surface area contributed by atoms with Gasteiger partial charge in [-0.1, -0.05) is 23.8 Å². The van der Waals surface area contributed by atoms with Crippen molar-refractivity contribution in [1.29, 1.82) is 0 Å². The Kier molecular flexibility index (Phi) is 4.99. The van der Waals surface area contributed by atoms with E-state index in [2.05, 4.69) is 42.9 Å². The summed E-state index contributed by atoms with van der Waals surface area (Å²) in [5.74, 6) is 0.0489. The molecule has 0 aliphatic heterocycles. The third kappa shape index (κ3) is 4.03. The van der Waals surface area contributed by atoms with Crippen LogP contribution in [0.15, 0.2) is 18.2 Å². The molecule has 0 aliphatic carbocycles. The van der Waals surface area contributed by atoms with Gasteiger partial charge in [-0.15, -0.1) is 0 Å². The van der Waals surface area contributed by atoms with Gasteiger partial charge in [0.05, 0.1) is 0 Å². The summed E-state index contributed by atoms with van der Waals surface area (Å²) in [6.07, 6.45) is 2.41. The molecule has 1 aromatic rings. The zero-order chi connectivity index (χ0) is 12.0. The van der Waals surface area contributed by atoms with E-state index in [1.807, 2.05) is 0 Å². The van der Waals surface area contributed by atoms with E-state index in [0.717, 1.165) is 12.8 Å². The molecular formula is C13H20N2O.